The molecule has 6 rings (SSSR count). The zero-order chi connectivity index (χ0) is 25.4. The number of nitrogens with one attached hydrogen (secondary N) is 1. The van der Waals surface area contributed by atoms with Crippen molar-refractivity contribution < 1.29 is 13.9 Å². The maximum atomic E-state index is 14.9. The van der Waals surface area contributed by atoms with Crippen molar-refractivity contribution in [2.24, 2.45) is 11.3 Å². The van der Waals surface area contributed by atoms with E-state index in [9.17, 15) is 9.18 Å². The topological polar surface area (TPSA) is 81.9 Å². The number of nitrogens with zero attached hydrogens (tertiary/aromatic N) is 4. The molecule has 2 aromatic carbocycles. The fourth-order valence-corrected chi connectivity index (χ4v) is 5.59. The molecule has 0 radical (unpaired) electrons. The van der Waals surface area contributed by atoms with Gasteiger partial charge in [0.15, 0.2) is 5.82 Å². The highest BCUT2D eigenvalue weighted by molar-refractivity contribution is 5.94. The summed E-state index contributed by atoms with van der Waals surface area (Å²) in [6.07, 6.45) is 5.34. The smallest absolute Gasteiger partial charge is 0.251 e. The quantitative estimate of drug-likeness (QED) is 0.370. The summed E-state index contributed by atoms with van der Waals surface area (Å²) in [5.74, 6) is 1.92. The Morgan fingerprint density at radius 3 is 2.57 bits per heavy atom. The minimum absolute atomic E-state index is 0.0160. The third-order valence-corrected chi connectivity index (χ3v) is 7.49. The van der Waals surface area contributed by atoms with Crippen molar-refractivity contribution in [3.8, 4) is 23.0 Å². The van der Waals surface area contributed by atoms with Crippen molar-refractivity contribution in [2.75, 3.05) is 6.61 Å². The number of para-hydroxylation sites is 1. The number of aromatic nitrogens is 4. The van der Waals surface area contributed by atoms with E-state index in [0.29, 0.717) is 53.3 Å². The average molecular weight is 498 g/mol. The molecule has 2 aromatic heterocycles. The van der Waals surface area contributed by atoms with Crippen molar-refractivity contribution in [3.05, 3.63) is 90.1 Å². The maximum absolute atomic E-state index is 14.9. The molecular weight excluding hydrogens is 469 g/mol. The third kappa shape index (κ3) is 4.48. The van der Waals surface area contributed by atoms with E-state index in [0.717, 1.165) is 19.3 Å². The predicted molar refractivity (Wildman–Crippen MR) is 137 cm³/mol. The van der Waals surface area contributed by atoms with Gasteiger partial charge in [-0.3, -0.25) is 9.36 Å². The van der Waals surface area contributed by atoms with Crippen LogP contribution in [0.25, 0.3) is 17.2 Å². The predicted octanol–water partition coefficient (Wildman–Crippen LogP) is 5.01. The molecule has 0 aliphatic heterocycles. The number of pyridine rings is 1. The van der Waals surface area contributed by atoms with Crippen LogP contribution < -0.4 is 10.1 Å². The number of halogens is 1. The van der Waals surface area contributed by atoms with Crippen molar-refractivity contribution in [3.63, 3.8) is 0 Å². The average Bonchev–Trinajstić information content (AvgIpc) is 3.45. The van der Waals surface area contributed by atoms with Gasteiger partial charge in [-0.1, -0.05) is 30.3 Å². The van der Waals surface area contributed by atoms with Crippen LogP contribution in [-0.2, 0) is 6.42 Å². The largest absolute Gasteiger partial charge is 0.492 e. The second-order valence-corrected chi connectivity index (χ2v) is 9.98. The molecule has 37 heavy (non-hydrogen) atoms. The lowest BCUT2D eigenvalue weighted by Crippen LogP contribution is -2.37. The Morgan fingerprint density at radius 1 is 1.05 bits per heavy atom. The summed E-state index contributed by atoms with van der Waals surface area (Å²) in [6, 6.07) is 19.8. The molecular formula is C29H28FN5O2. The second kappa shape index (κ2) is 9.42. The van der Waals surface area contributed by atoms with Crippen LogP contribution in [0.5, 0.6) is 5.75 Å². The minimum atomic E-state index is -0.341. The summed E-state index contributed by atoms with van der Waals surface area (Å²) in [6.45, 7) is 2.47. The lowest BCUT2D eigenvalue weighted by atomic mass is 9.69. The maximum Gasteiger partial charge on any atom is 0.251 e. The first-order valence-corrected chi connectivity index (χ1v) is 12.7. The third-order valence-electron chi connectivity index (χ3n) is 7.49. The zero-order valence-corrected chi connectivity index (χ0v) is 20.6. The van der Waals surface area contributed by atoms with E-state index >= 15 is 0 Å². The van der Waals surface area contributed by atoms with Gasteiger partial charge in [0.1, 0.15) is 23.1 Å². The fraction of sp³-hybridized carbons (Fsp3) is 0.310. The Morgan fingerprint density at radius 2 is 1.84 bits per heavy atom. The molecule has 2 saturated carbocycles. The standard InChI is InChI=1S/C29H28FN5O2/c1-2-37-21-12-13-23(31-18-21)27-34-33-26(35(27)24-11-7-6-10-22(24)30)14-19-15-29(16-19)17-25(29)32-28(36)20-8-4-3-5-9-20/h3-13,18-19,25H,2,14-17H2,1H3,(H,32,36). The molecule has 2 fully saturated rings. The molecule has 188 valence electrons. The lowest BCUT2D eigenvalue weighted by Gasteiger charge is -2.36. The van der Waals surface area contributed by atoms with Gasteiger partial charge in [0.05, 0.1) is 18.5 Å². The number of rotatable bonds is 8. The van der Waals surface area contributed by atoms with Gasteiger partial charge in [0.2, 0.25) is 0 Å². The molecule has 7 nitrogen and oxygen atoms in total. The summed E-state index contributed by atoms with van der Waals surface area (Å²) in [5.41, 5.74) is 1.87. The van der Waals surface area contributed by atoms with E-state index in [-0.39, 0.29) is 23.2 Å². The molecule has 2 heterocycles. The second-order valence-electron chi connectivity index (χ2n) is 9.98. The zero-order valence-electron chi connectivity index (χ0n) is 20.6. The molecule has 1 unspecified atom stereocenters. The number of hydrogen-bond donors (Lipinski definition) is 1. The van der Waals surface area contributed by atoms with Gasteiger partial charge in [0, 0.05) is 18.0 Å². The molecule has 8 heteroatoms. The highest BCUT2D eigenvalue weighted by Crippen LogP contribution is 2.63. The van der Waals surface area contributed by atoms with Gasteiger partial charge in [-0.15, -0.1) is 10.2 Å². The van der Waals surface area contributed by atoms with Gasteiger partial charge >= 0.3 is 0 Å². The highest BCUT2D eigenvalue weighted by atomic mass is 19.1. The van der Waals surface area contributed by atoms with Crippen LogP contribution in [0.3, 0.4) is 0 Å². The Kier molecular flexibility index (Phi) is 5.94. The van der Waals surface area contributed by atoms with Gasteiger partial charge in [-0.05, 0) is 73.9 Å². The lowest BCUT2D eigenvalue weighted by molar-refractivity contribution is 0.0919. The van der Waals surface area contributed by atoms with E-state index in [1.807, 2.05) is 49.4 Å². The van der Waals surface area contributed by atoms with Crippen molar-refractivity contribution in [2.45, 2.75) is 38.6 Å². The van der Waals surface area contributed by atoms with Gasteiger partial charge < -0.3 is 10.1 Å². The molecule has 2 aliphatic rings. The van der Waals surface area contributed by atoms with Gasteiger partial charge in [0.25, 0.3) is 5.91 Å². The first kappa shape index (κ1) is 23.3. The fourth-order valence-electron chi connectivity index (χ4n) is 5.59. The Bertz CT molecular complexity index is 1410. The van der Waals surface area contributed by atoms with E-state index in [1.54, 1.807) is 29.0 Å². The summed E-state index contributed by atoms with van der Waals surface area (Å²) >= 11 is 0. The number of amides is 1. The highest BCUT2D eigenvalue weighted by Gasteiger charge is 2.62. The Hall–Kier alpha value is -4.07. The first-order chi connectivity index (χ1) is 18.1. The number of benzene rings is 2. The van der Waals surface area contributed by atoms with Crippen molar-refractivity contribution >= 4 is 5.91 Å². The molecule has 4 aromatic rings. The van der Waals surface area contributed by atoms with Gasteiger partial charge in [-0.25, -0.2) is 9.37 Å². The molecule has 2 aliphatic carbocycles. The van der Waals surface area contributed by atoms with Crippen molar-refractivity contribution in [1.29, 1.82) is 0 Å². The Labute approximate surface area is 214 Å². The van der Waals surface area contributed by atoms with Crippen LogP contribution in [0.2, 0.25) is 0 Å². The van der Waals surface area contributed by atoms with E-state index in [1.165, 1.54) is 6.07 Å². The summed E-state index contributed by atoms with van der Waals surface area (Å²) in [7, 11) is 0. The molecule has 0 bridgehead atoms. The Balaban J connectivity index is 1.19. The monoisotopic (exact) mass is 497 g/mol. The van der Waals surface area contributed by atoms with Crippen LogP contribution in [0.1, 0.15) is 42.4 Å². The van der Waals surface area contributed by atoms with E-state index in [4.69, 9.17) is 4.74 Å². The first-order valence-electron chi connectivity index (χ1n) is 12.7. The SMILES string of the molecule is CCOc1ccc(-c2nnc(CC3CC4(C3)CC4NC(=O)c3ccccc3)n2-c2ccccc2F)nc1. The number of carbonyl (C=O) groups excluding carboxylic acids is 1. The molecule has 0 saturated heterocycles. The van der Waals surface area contributed by atoms with E-state index < -0.39 is 0 Å². The molecule has 1 atom stereocenters. The van der Waals surface area contributed by atoms with Crippen LogP contribution in [-0.4, -0.2) is 38.3 Å². The van der Waals surface area contributed by atoms with E-state index in [2.05, 4.69) is 20.5 Å². The summed E-state index contributed by atoms with van der Waals surface area (Å²) < 4.78 is 22.2. The molecule has 1 amide bonds. The minimum Gasteiger partial charge on any atom is -0.492 e. The molecule has 1 spiro atoms. The number of carbonyl (C=O) groups is 1. The molecule has 1 N–H and O–H groups in total. The normalized spacial score (nSPS) is 21.9. The van der Waals surface area contributed by atoms with Gasteiger partial charge in [-0.2, -0.15) is 0 Å². The number of ether oxygens (including phenoxy) is 1. The summed E-state index contributed by atoms with van der Waals surface area (Å²) in [5, 5.41) is 12.1. The number of hydrogen-bond acceptors (Lipinski definition) is 5. The van der Waals surface area contributed by atoms with Crippen LogP contribution >= 0.6 is 0 Å². The van der Waals surface area contributed by atoms with Crippen LogP contribution in [0.15, 0.2) is 72.9 Å². The van der Waals surface area contributed by atoms with Crippen LogP contribution in [0, 0.1) is 17.2 Å². The van der Waals surface area contributed by atoms with Crippen molar-refractivity contribution in [1.82, 2.24) is 25.1 Å². The summed E-state index contributed by atoms with van der Waals surface area (Å²) in [4.78, 5) is 17.0. The van der Waals surface area contributed by atoms with Crippen LogP contribution in [0.4, 0.5) is 4.39 Å².